The molecular formula is C17H18F2NO5P. The lowest BCUT2D eigenvalue weighted by atomic mass is 10.0. The third-order valence-corrected chi connectivity index (χ3v) is 5.71. The summed E-state index contributed by atoms with van der Waals surface area (Å²) in [5.41, 5.74) is -3.42. The van der Waals surface area contributed by atoms with E-state index in [1.807, 2.05) is 0 Å². The van der Waals surface area contributed by atoms with Gasteiger partial charge in [0.25, 0.3) is 5.69 Å². The highest BCUT2D eigenvalue weighted by molar-refractivity contribution is 7.54. The number of alkyl halides is 2. The number of benzene rings is 2. The summed E-state index contributed by atoms with van der Waals surface area (Å²) in [6, 6.07) is 10.8. The largest absolute Gasteiger partial charge is 0.404 e. The Morgan fingerprint density at radius 3 is 2.12 bits per heavy atom. The van der Waals surface area contributed by atoms with Crippen molar-refractivity contribution in [2.45, 2.75) is 19.5 Å². The van der Waals surface area contributed by atoms with E-state index in [9.17, 15) is 23.5 Å². The van der Waals surface area contributed by atoms with Gasteiger partial charge in [0.15, 0.2) is 0 Å². The van der Waals surface area contributed by atoms with Gasteiger partial charge in [-0.3, -0.25) is 14.7 Å². The second-order valence-electron chi connectivity index (χ2n) is 5.26. The van der Waals surface area contributed by atoms with Crippen LogP contribution in [0.15, 0.2) is 48.5 Å². The summed E-state index contributed by atoms with van der Waals surface area (Å²) >= 11 is 0. The maximum absolute atomic E-state index is 14.7. The number of hydrogen-bond donors (Lipinski definition) is 0. The molecule has 6 nitrogen and oxygen atoms in total. The molecule has 0 spiro atoms. The van der Waals surface area contributed by atoms with Gasteiger partial charge in [-0.1, -0.05) is 36.4 Å². The van der Waals surface area contributed by atoms with E-state index in [0.717, 1.165) is 12.1 Å². The highest BCUT2D eigenvalue weighted by Crippen LogP contribution is 2.66. The van der Waals surface area contributed by atoms with Crippen molar-refractivity contribution in [3.8, 4) is 11.1 Å². The van der Waals surface area contributed by atoms with Crippen molar-refractivity contribution in [3.05, 3.63) is 64.2 Å². The van der Waals surface area contributed by atoms with Crippen LogP contribution in [0.3, 0.4) is 0 Å². The molecule has 2 rings (SSSR count). The number of rotatable bonds is 8. The third-order valence-electron chi connectivity index (χ3n) is 3.56. The molecule has 140 valence electrons. The van der Waals surface area contributed by atoms with Crippen LogP contribution in [-0.2, 0) is 19.3 Å². The van der Waals surface area contributed by atoms with Gasteiger partial charge in [-0.05, 0) is 25.0 Å². The number of nitrogens with zero attached hydrogens (tertiary/aromatic N) is 1. The van der Waals surface area contributed by atoms with Crippen LogP contribution in [0.5, 0.6) is 0 Å². The van der Waals surface area contributed by atoms with Gasteiger partial charge >= 0.3 is 13.3 Å². The first-order valence-corrected chi connectivity index (χ1v) is 9.42. The molecular weight excluding hydrogens is 367 g/mol. The Balaban J connectivity index is 2.38. The molecule has 0 heterocycles. The summed E-state index contributed by atoms with van der Waals surface area (Å²) in [4.78, 5) is 10.3. The van der Waals surface area contributed by atoms with Crippen LogP contribution in [0.4, 0.5) is 14.5 Å². The van der Waals surface area contributed by atoms with E-state index in [0.29, 0.717) is 11.1 Å². The van der Waals surface area contributed by atoms with Crippen molar-refractivity contribution >= 4 is 13.3 Å². The van der Waals surface area contributed by atoms with Crippen LogP contribution < -0.4 is 0 Å². The van der Waals surface area contributed by atoms with Crippen molar-refractivity contribution in [2.24, 2.45) is 0 Å². The summed E-state index contributed by atoms with van der Waals surface area (Å²) in [5.74, 6) is 0. The molecule has 9 heteroatoms. The van der Waals surface area contributed by atoms with Crippen LogP contribution in [0.25, 0.3) is 11.1 Å². The fourth-order valence-corrected chi connectivity index (χ4v) is 3.90. The van der Waals surface area contributed by atoms with Crippen molar-refractivity contribution in [1.82, 2.24) is 0 Å². The van der Waals surface area contributed by atoms with Crippen LogP contribution >= 0.6 is 7.60 Å². The first kappa shape index (κ1) is 20.2. The SMILES string of the molecule is CCOP(=O)(OCC)C(F)(F)c1ccc(-c2cccc([N+](=O)[O-])c2)cc1. The van der Waals surface area contributed by atoms with Crippen molar-refractivity contribution in [2.75, 3.05) is 13.2 Å². The summed E-state index contributed by atoms with van der Waals surface area (Å²) in [7, 11) is -4.67. The molecule has 0 fully saturated rings. The number of halogens is 2. The van der Waals surface area contributed by atoms with Crippen molar-refractivity contribution in [3.63, 3.8) is 0 Å². The molecule has 0 bridgehead atoms. The van der Waals surface area contributed by atoms with E-state index in [2.05, 4.69) is 0 Å². The quantitative estimate of drug-likeness (QED) is 0.337. The molecule has 0 N–H and O–H groups in total. The van der Waals surface area contributed by atoms with Gasteiger partial charge in [-0.15, -0.1) is 0 Å². The molecule has 0 unspecified atom stereocenters. The average molecular weight is 385 g/mol. The Morgan fingerprint density at radius 1 is 1.04 bits per heavy atom. The molecule has 2 aromatic rings. The zero-order valence-corrected chi connectivity index (χ0v) is 15.1. The Bertz CT molecular complexity index is 816. The lowest BCUT2D eigenvalue weighted by molar-refractivity contribution is -0.384. The van der Waals surface area contributed by atoms with Gasteiger partial charge in [0.2, 0.25) is 0 Å². The van der Waals surface area contributed by atoms with E-state index in [1.165, 1.54) is 44.2 Å². The summed E-state index contributed by atoms with van der Waals surface area (Å²) in [6.45, 7) is 2.54. The topological polar surface area (TPSA) is 78.7 Å². The van der Waals surface area contributed by atoms with E-state index < -0.39 is 23.7 Å². The van der Waals surface area contributed by atoms with Crippen LogP contribution in [0, 0.1) is 10.1 Å². The molecule has 0 amide bonds. The molecule has 2 aromatic carbocycles. The van der Waals surface area contributed by atoms with Gasteiger partial charge in [-0.2, -0.15) is 8.78 Å². The monoisotopic (exact) mass is 385 g/mol. The Labute approximate surface area is 149 Å². The van der Waals surface area contributed by atoms with E-state index in [-0.39, 0.29) is 18.9 Å². The van der Waals surface area contributed by atoms with Crippen molar-refractivity contribution < 1.29 is 27.3 Å². The summed E-state index contributed by atoms with van der Waals surface area (Å²) in [6.07, 6.45) is 0. The van der Waals surface area contributed by atoms with Gasteiger partial charge in [0, 0.05) is 17.7 Å². The second-order valence-corrected chi connectivity index (χ2v) is 7.33. The molecule has 0 aromatic heterocycles. The third kappa shape index (κ3) is 3.98. The predicted molar refractivity (Wildman–Crippen MR) is 93.3 cm³/mol. The van der Waals surface area contributed by atoms with Crippen LogP contribution in [0.1, 0.15) is 19.4 Å². The molecule has 0 atom stereocenters. The van der Waals surface area contributed by atoms with E-state index in [1.54, 1.807) is 6.07 Å². The molecule has 0 saturated heterocycles. The molecule has 0 aliphatic carbocycles. The molecule has 0 radical (unpaired) electrons. The zero-order valence-electron chi connectivity index (χ0n) is 14.2. The predicted octanol–water partition coefficient (Wildman–Crippen LogP) is 5.58. The van der Waals surface area contributed by atoms with Gasteiger partial charge in [-0.25, -0.2) is 0 Å². The standard InChI is InChI=1S/C17H18F2NO5P/c1-3-24-26(23,25-4-2)17(18,19)15-10-8-13(9-11-15)14-6-5-7-16(12-14)20(21)22/h5-12H,3-4H2,1-2H3. The van der Waals surface area contributed by atoms with Gasteiger partial charge in [0.1, 0.15) is 0 Å². The van der Waals surface area contributed by atoms with E-state index >= 15 is 0 Å². The lowest BCUT2D eigenvalue weighted by Crippen LogP contribution is -2.18. The molecule has 0 aliphatic heterocycles. The fraction of sp³-hybridized carbons (Fsp3) is 0.294. The van der Waals surface area contributed by atoms with Crippen LogP contribution in [-0.4, -0.2) is 18.1 Å². The minimum absolute atomic E-state index is 0.103. The summed E-state index contributed by atoms with van der Waals surface area (Å²) in [5, 5.41) is 10.9. The van der Waals surface area contributed by atoms with E-state index in [4.69, 9.17) is 9.05 Å². The normalized spacial score (nSPS) is 12.2. The molecule has 0 aliphatic rings. The first-order valence-electron chi connectivity index (χ1n) is 7.87. The fourth-order valence-electron chi connectivity index (χ4n) is 2.36. The number of non-ortho nitro benzene ring substituents is 1. The maximum Gasteiger partial charge on any atom is 0.404 e. The highest BCUT2D eigenvalue weighted by atomic mass is 31.2. The number of hydrogen-bond acceptors (Lipinski definition) is 5. The minimum Gasteiger partial charge on any atom is -0.304 e. The van der Waals surface area contributed by atoms with Crippen molar-refractivity contribution in [1.29, 1.82) is 0 Å². The molecule has 26 heavy (non-hydrogen) atoms. The number of nitro groups is 1. The van der Waals surface area contributed by atoms with Gasteiger partial charge < -0.3 is 9.05 Å². The van der Waals surface area contributed by atoms with Gasteiger partial charge in [0.05, 0.1) is 18.1 Å². The highest BCUT2D eigenvalue weighted by Gasteiger charge is 2.54. The zero-order chi connectivity index (χ0) is 19.4. The Hall–Kier alpha value is -2.15. The lowest BCUT2D eigenvalue weighted by Gasteiger charge is -2.26. The average Bonchev–Trinajstić information content (AvgIpc) is 2.62. The minimum atomic E-state index is -4.67. The molecule has 0 saturated carbocycles. The maximum atomic E-state index is 14.7. The smallest absolute Gasteiger partial charge is 0.304 e. The second kappa shape index (κ2) is 8.03. The number of nitro benzene ring substituents is 1. The van der Waals surface area contributed by atoms with Crippen LogP contribution in [0.2, 0.25) is 0 Å². The first-order chi connectivity index (χ1) is 12.2. The summed E-state index contributed by atoms with van der Waals surface area (Å²) < 4.78 is 51.3. The Kier molecular flexibility index (Phi) is 6.23. The Morgan fingerprint density at radius 2 is 1.62 bits per heavy atom.